The van der Waals surface area contributed by atoms with E-state index in [9.17, 15) is 5.11 Å². The van der Waals surface area contributed by atoms with Gasteiger partial charge in [0.05, 0.1) is 12.4 Å². The predicted octanol–water partition coefficient (Wildman–Crippen LogP) is 3.80. The van der Waals surface area contributed by atoms with Crippen LogP contribution in [0, 0.1) is 6.92 Å². The first kappa shape index (κ1) is 15.1. The Balaban J connectivity index is 1.84. The van der Waals surface area contributed by atoms with Gasteiger partial charge in [-0.1, -0.05) is 23.7 Å². The molecule has 0 aliphatic carbocycles. The van der Waals surface area contributed by atoms with Gasteiger partial charge in [0.15, 0.2) is 0 Å². The number of aryl methyl sites for hydroxylation is 1. The third-order valence-corrected chi connectivity index (χ3v) is 3.66. The summed E-state index contributed by atoms with van der Waals surface area (Å²) in [5.41, 5.74) is 2.05. The van der Waals surface area contributed by atoms with E-state index in [1.54, 1.807) is 6.26 Å². The fourth-order valence-corrected chi connectivity index (χ4v) is 2.37. The molecular weight excluding hydrogens is 274 g/mol. The van der Waals surface area contributed by atoms with E-state index in [4.69, 9.17) is 16.0 Å². The van der Waals surface area contributed by atoms with Gasteiger partial charge in [-0.3, -0.25) is 0 Å². The van der Waals surface area contributed by atoms with E-state index in [2.05, 4.69) is 4.90 Å². The van der Waals surface area contributed by atoms with E-state index >= 15 is 0 Å². The van der Waals surface area contributed by atoms with Crippen LogP contribution in [0.4, 0.5) is 0 Å². The van der Waals surface area contributed by atoms with Crippen LogP contribution in [0.1, 0.15) is 29.4 Å². The Morgan fingerprint density at radius 3 is 2.80 bits per heavy atom. The van der Waals surface area contributed by atoms with Gasteiger partial charge in [-0.05, 0) is 44.2 Å². The van der Waals surface area contributed by atoms with Crippen molar-refractivity contribution >= 4 is 11.6 Å². The zero-order chi connectivity index (χ0) is 14.5. The van der Waals surface area contributed by atoms with Gasteiger partial charge in [0.25, 0.3) is 0 Å². The highest BCUT2D eigenvalue weighted by Crippen LogP contribution is 2.21. The average molecular weight is 294 g/mol. The number of nitrogens with zero attached hydrogens (tertiary/aromatic N) is 1. The molecule has 1 atom stereocenters. The van der Waals surface area contributed by atoms with Crippen LogP contribution < -0.4 is 0 Å². The molecule has 20 heavy (non-hydrogen) atoms. The van der Waals surface area contributed by atoms with Crippen molar-refractivity contribution in [3.63, 3.8) is 0 Å². The van der Waals surface area contributed by atoms with Gasteiger partial charge in [0.2, 0.25) is 0 Å². The molecule has 108 valence electrons. The van der Waals surface area contributed by atoms with E-state index in [1.807, 2.05) is 44.3 Å². The second-order valence-electron chi connectivity index (χ2n) is 5.10. The van der Waals surface area contributed by atoms with Crippen molar-refractivity contribution in [1.82, 2.24) is 4.90 Å². The number of halogens is 1. The molecule has 1 heterocycles. The molecule has 1 aromatic heterocycles. The lowest BCUT2D eigenvalue weighted by Gasteiger charge is -2.19. The zero-order valence-electron chi connectivity index (χ0n) is 11.8. The molecule has 2 rings (SSSR count). The highest BCUT2D eigenvalue weighted by molar-refractivity contribution is 6.30. The minimum atomic E-state index is -0.485. The van der Waals surface area contributed by atoms with Crippen LogP contribution >= 0.6 is 11.6 Å². The Morgan fingerprint density at radius 2 is 2.15 bits per heavy atom. The molecule has 0 bridgehead atoms. The van der Waals surface area contributed by atoms with Crippen molar-refractivity contribution in [3.05, 3.63) is 58.5 Å². The monoisotopic (exact) mass is 293 g/mol. The third kappa shape index (κ3) is 4.10. The average Bonchev–Trinajstić information content (AvgIpc) is 2.81. The summed E-state index contributed by atoms with van der Waals surface area (Å²) in [5.74, 6) is 0.951. The Bertz CT molecular complexity index is 553. The van der Waals surface area contributed by atoms with Crippen LogP contribution in [0.25, 0.3) is 0 Å². The number of hydrogen-bond donors (Lipinski definition) is 1. The summed E-state index contributed by atoms with van der Waals surface area (Å²) in [5, 5.41) is 10.8. The Kier molecular flexibility index (Phi) is 5.24. The van der Waals surface area contributed by atoms with Gasteiger partial charge in [-0.25, -0.2) is 0 Å². The summed E-state index contributed by atoms with van der Waals surface area (Å²) < 4.78 is 5.28. The highest BCUT2D eigenvalue weighted by Gasteiger charge is 2.11. The molecule has 2 aromatic rings. The summed E-state index contributed by atoms with van der Waals surface area (Å²) >= 11 is 5.93. The first-order valence-electron chi connectivity index (χ1n) is 6.71. The summed E-state index contributed by atoms with van der Waals surface area (Å²) in [6, 6.07) is 9.37. The van der Waals surface area contributed by atoms with E-state index in [1.165, 1.54) is 5.56 Å². The predicted molar refractivity (Wildman–Crippen MR) is 80.8 cm³/mol. The first-order chi connectivity index (χ1) is 9.56. The van der Waals surface area contributed by atoms with Crippen molar-refractivity contribution in [2.24, 2.45) is 0 Å². The van der Waals surface area contributed by atoms with Gasteiger partial charge < -0.3 is 14.4 Å². The summed E-state index contributed by atoms with van der Waals surface area (Å²) in [6.45, 7) is 3.59. The molecule has 0 fully saturated rings. The van der Waals surface area contributed by atoms with Gasteiger partial charge >= 0.3 is 0 Å². The highest BCUT2D eigenvalue weighted by atomic mass is 35.5. The second kappa shape index (κ2) is 6.93. The zero-order valence-corrected chi connectivity index (χ0v) is 12.6. The van der Waals surface area contributed by atoms with Crippen LogP contribution in [0.2, 0.25) is 5.02 Å². The number of hydrogen-bond acceptors (Lipinski definition) is 3. The third-order valence-electron chi connectivity index (χ3n) is 3.42. The number of furan rings is 1. The Morgan fingerprint density at radius 1 is 1.35 bits per heavy atom. The molecular formula is C16H20ClNO2. The largest absolute Gasteiger partial charge is 0.469 e. The number of aliphatic hydroxyl groups excluding tert-OH is 1. The number of rotatable bonds is 6. The van der Waals surface area contributed by atoms with Crippen LogP contribution in [0.3, 0.4) is 0 Å². The van der Waals surface area contributed by atoms with Crippen LogP contribution in [0.5, 0.6) is 0 Å². The second-order valence-corrected chi connectivity index (χ2v) is 5.54. The maximum Gasteiger partial charge on any atom is 0.105 e. The Labute approximate surface area is 124 Å². The van der Waals surface area contributed by atoms with Crippen LogP contribution in [-0.2, 0) is 6.54 Å². The van der Waals surface area contributed by atoms with Gasteiger partial charge in [-0.15, -0.1) is 0 Å². The molecule has 1 N–H and O–H groups in total. The Hall–Kier alpha value is -1.29. The molecule has 1 aromatic carbocycles. The molecule has 3 nitrogen and oxygen atoms in total. The minimum absolute atomic E-state index is 0.485. The fraction of sp³-hybridized carbons (Fsp3) is 0.375. The van der Waals surface area contributed by atoms with Crippen LogP contribution in [0.15, 0.2) is 41.0 Å². The van der Waals surface area contributed by atoms with Gasteiger partial charge in [0, 0.05) is 23.7 Å². The quantitative estimate of drug-likeness (QED) is 0.880. The van der Waals surface area contributed by atoms with Gasteiger partial charge in [0.1, 0.15) is 5.76 Å². The summed E-state index contributed by atoms with van der Waals surface area (Å²) in [6.07, 6.45) is 1.90. The van der Waals surface area contributed by atoms with E-state index in [-0.39, 0.29) is 0 Å². The normalized spacial score (nSPS) is 12.8. The molecule has 0 aliphatic rings. The topological polar surface area (TPSA) is 36.6 Å². The molecule has 0 aliphatic heterocycles. The molecule has 4 heteroatoms. The number of benzene rings is 1. The van der Waals surface area contributed by atoms with E-state index in [0.29, 0.717) is 11.4 Å². The molecule has 0 saturated carbocycles. The maximum atomic E-state index is 10.2. The molecule has 0 radical (unpaired) electrons. The van der Waals surface area contributed by atoms with E-state index in [0.717, 1.165) is 24.4 Å². The SMILES string of the molecule is Cc1occc1CN(C)CCC(O)c1cccc(Cl)c1. The van der Waals surface area contributed by atoms with Crippen molar-refractivity contribution in [2.75, 3.05) is 13.6 Å². The van der Waals surface area contributed by atoms with Crippen molar-refractivity contribution < 1.29 is 9.52 Å². The molecule has 1 unspecified atom stereocenters. The smallest absolute Gasteiger partial charge is 0.105 e. The van der Waals surface area contributed by atoms with Crippen molar-refractivity contribution in [2.45, 2.75) is 26.0 Å². The standard InChI is InChI=1S/C16H20ClNO2/c1-12-14(7-9-20-12)11-18(2)8-6-16(19)13-4-3-5-15(17)10-13/h3-5,7,9-10,16,19H,6,8,11H2,1-2H3. The molecule has 0 saturated heterocycles. The molecule has 0 amide bonds. The lowest BCUT2D eigenvalue weighted by atomic mass is 10.1. The fourth-order valence-electron chi connectivity index (χ4n) is 2.17. The lowest BCUT2D eigenvalue weighted by molar-refractivity contribution is 0.147. The lowest BCUT2D eigenvalue weighted by Crippen LogP contribution is -2.21. The van der Waals surface area contributed by atoms with Crippen molar-refractivity contribution in [1.29, 1.82) is 0 Å². The van der Waals surface area contributed by atoms with Crippen molar-refractivity contribution in [3.8, 4) is 0 Å². The summed E-state index contributed by atoms with van der Waals surface area (Å²) in [7, 11) is 2.04. The van der Waals surface area contributed by atoms with E-state index < -0.39 is 6.10 Å². The maximum absolute atomic E-state index is 10.2. The minimum Gasteiger partial charge on any atom is -0.469 e. The molecule has 0 spiro atoms. The van der Waals surface area contributed by atoms with Gasteiger partial charge in [-0.2, -0.15) is 0 Å². The first-order valence-corrected chi connectivity index (χ1v) is 7.09. The summed E-state index contributed by atoms with van der Waals surface area (Å²) in [4.78, 5) is 2.17. The van der Waals surface area contributed by atoms with Crippen LogP contribution in [-0.4, -0.2) is 23.6 Å². The number of aliphatic hydroxyl groups is 1.